The van der Waals surface area contributed by atoms with Gasteiger partial charge in [0.2, 0.25) is 0 Å². The largest absolute Gasteiger partial charge is 0.466 e. The van der Waals surface area contributed by atoms with Gasteiger partial charge in [0.05, 0.1) is 18.6 Å². The van der Waals surface area contributed by atoms with Gasteiger partial charge in [0.15, 0.2) is 0 Å². The van der Waals surface area contributed by atoms with Gasteiger partial charge in [0, 0.05) is 13.1 Å². The van der Waals surface area contributed by atoms with Crippen LogP contribution in [0.2, 0.25) is 0 Å². The molecule has 1 fully saturated rings. The molecule has 0 N–H and O–H groups in total. The van der Waals surface area contributed by atoms with E-state index in [-0.39, 0.29) is 24.1 Å². The Morgan fingerprint density at radius 2 is 1.88 bits per heavy atom. The van der Waals surface area contributed by atoms with Gasteiger partial charge in [-0.1, -0.05) is 0 Å². The lowest BCUT2D eigenvalue weighted by Gasteiger charge is -2.30. The number of hydrogen-bond donors (Lipinski definition) is 0. The molecule has 0 unspecified atom stereocenters. The summed E-state index contributed by atoms with van der Waals surface area (Å²) in [6.45, 7) is 6.98. The van der Waals surface area contributed by atoms with Crippen LogP contribution in [0.25, 0.3) is 0 Å². The summed E-state index contributed by atoms with van der Waals surface area (Å²) < 4.78 is 10.1. The number of carbonyl (C=O) groups excluding carboxylic acids is 2. The van der Waals surface area contributed by atoms with Crippen LogP contribution in [-0.2, 0) is 14.3 Å². The molecule has 0 spiro atoms. The fourth-order valence-electron chi connectivity index (χ4n) is 1.83. The molecule has 1 rings (SSSR count). The number of nitrogens with zero attached hydrogens (tertiary/aromatic N) is 1. The predicted molar refractivity (Wildman–Crippen MR) is 62.5 cm³/mol. The van der Waals surface area contributed by atoms with Crippen molar-refractivity contribution in [2.75, 3.05) is 19.7 Å². The first-order valence-electron chi connectivity index (χ1n) is 6.16. The molecule has 5 nitrogen and oxygen atoms in total. The zero-order valence-corrected chi connectivity index (χ0v) is 10.8. The van der Waals surface area contributed by atoms with Crippen LogP contribution in [0.5, 0.6) is 0 Å². The Labute approximate surface area is 102 Å². The summed E-state index contributed by atoms with van der Waals surface area (Å²) in [7, 11) is 0. The Morgan fingerprint density at radius 3 is 2.35 bits per heavy atom. The normalized spacial score (nSPS) is 17.1. The van der Waals surface area contributed by atoms with Crippen molar-refractivity contribution in [2.24, 2.45) is 5.92 Å². The Hall–Kier alpha value is -1.26. The minimum absolute atomic E-state index is 0.0713. The molecule has 1 heterocycles. The van der Waals surface area contributed by atoms with Crippen LogP contribution in [0.15, 0.2) is 0 Å². The van der Waals surface area contributed by atoms with E-state index in [4.69, 9.17) is 9.47 Å². The highest BCUT2D eigenvalue weighted by atomic mass is 16.6. The van der Waals surface area contributed by atoms with E-state index in [1.54, 1.807) is 11.8 Å². The van der Waals surface area contributed by atoms with Gasteiger partial charge in [-0.3, -0.25) is 4.79 Å². The van der Waals surface area contributed by atoms with Gasteiger partial charge in [0.1, 0.15) is 0 Å². The van der Waals surface area contributed by atoms with Crippen LogP contribution in [-0.4, -0.2) is 42.8 Å². The van der Waals surface area contributed by atoms with Gasteiger partial charge in [0.25, 0.3) is 0 Å². The van der Waals surface area contributed by atoms with Crippen LogP contribution < -0.4 is 0 Å². The van der Waals surface area contributed by atoms with Gasteiger partial charge >= 0.3 is 12.1 Å². The fraction of sp³-hybridized carbons (Fsp3) is 0.833. The summed E-state index contributed by atoms with van der Waals surface area (Å²) in [6, 6.07) is 0. The Kier molecular flexibility index (Phi) is 5.25. The van der Waals surface area contributed by atoms with Crippen molar-refractivity contribution in [2.45, 2.75) is 39.7 Å². The van der Waals surface area contributed by atoms with Crippen molar-refractivity contribution in [1.29, 1.82) is 0 Å². The quantitative estimate of drug-likeness (QED) is 0.709. The summed E-state index contributed by atoms with van der Waals surface area (Å²) in [5, 5.41) is 0. The number of esters is 1. The maximum atomic E-state index is 11.6. The molecule has 1 amide bonds. The minimum atomic E-state index is -0.290. The van der Waals surface area contributed by atoms with E-state index < -0.39 is 0 Å². The summed E-state index contributed by atoms with van der Waals surface area (Å²) >= 11 is 0. The third-order valence-corrected chi connectivity index (χ3v) is 2.71. The Bertz CT molecular complexity index is 270. The maximum absolute atomic E-state index is 11.6. The van der Waals surface area contributed by atoms with Crippen LogP contribution in [0.4, 0.5) is 4.79 Å². The monoisotopic (exact) mass is 243 g/mol. The van der Waals surface area contributed by atoms with E-state index in [2.05, 4.69) is 0 Å². The highest BCUT2D eigenvalue weighted by Crippen LogP contribution is 2.19. The molecule has 0 saturated carbocycles. The van der Waals surface area contributed by atoms with Gasteiger partial charge in [-0.15, -0.1) is 0 Å². The average molecular weight is 243 g/mol. The molecule has 98 valence electrons. The molecule has 0 aliphatic carbocycles. The van der Waals surface area contributed by atoms with Crippen molar-refractivity contribution >= 4 is 12.1 Å². The fourth-order valence-corrected chi connectivity index (χ4v) is 1.83. The van der Waals surface area contributed by atoms with E-state index in [0.717, 1.165) is 0 Å². The van der Waals surface area contributed by atoms with Crippen LogP contribution in [0, 0.1) is 5.92 Å². The molecule has 0 aromatic heterocycles. The second kappa shape index (κ2) is 6.47. The molecule has 5 heteroatoms. The zero-order chi connectivity index (χ0) is 12.8. The lowest BCUT2D eigenvalue weighted by molar-refractivity contribution is -0.149. The standard InChI is InChI=1S/C12H21NO4/c1-4-16-11(14)10-5-7-13(8-6-10)12(15)17-9(2)3/h9-10H,4-8H2,1-3H3. The van der Waals surface area contributed by atoms with E-state index in [0.29, 0.717) is 32.5 Å². The number of hydrogen-bond acceptors (Lipinski definition) is 4. The van der Waals surface area contributed by atoms with Crippen LogP contribution in [0.1, 0.15) is 33.6 Å². The number of amides is 1. The second-order valence-electron chi connectivity index (χ2n) is 4.45. The Morgan fingerprint density at radius 1 is 1.29 bits per heavy atom. The Balaban J connectivity index is 2.35. The molecule has 0 radical (unpaired) electrons. The minimum Gasteiger partial charge on any atom is -0.466 e. The summed E-state index contributed by atoms with van der Waals surface area (Å²) in [4.78, 5) is 24.7. The molecule has 1 aliphatic heterocycles. The van der Waals surface area contributed by atoms with E-state index >= 15 is 0 Å². The molecule has 0 atom stereocenters. The first-order valence-corrected chi connectivity index (χ1v) is 6.16. The van der Waals surface area contributed by atoms with E-state index in [1.807, 2.05) is 13.8 Å². The maximum Gasteiger partial charge on any atom is 0.410 e. The summed E-state index contributed by atoms with van der Waals surface area (Å²) in [5.74, 6) is -0.220. The molecule has 17 heavy (non-hydrogen) atoms. The topological polar surface area (TPSA) is 55.8 Å². The number of rotatable bonds is 3. The molecule has 1 aliphatic rings. The first kappa shape index (κ1) is 13.8. The van der Waals surface area contributed by atoms with Crippen molar-refractivity contribution < 1.29 is 19.1 Å². The van der Waals surface area contributed by atoms with Crippen molar-refractivity contribution in [3.63, 3.8) is 0 Å². The van der Waals surface area contributed by atoms with Crippen molar-refractivity contribution in [3.05, 3.63) is 0 Å². The predicted octanol–water partition coefficient (Wildman–Crippen LogP) is 1.81. The molecule has 0 bridgehead atoms. The molecule has 0 aromatic rings. The summed E-state index contributed by atoms with van der Waals surface area (Å²) in [6.07, 6.45) is 0.922. The lowest BCUT2D eigenvalue weighted by Crippen LogP contribution is -2.41. The second-order valence-corrected chi connectivity index (χ2v) is 4.45. The van der Waals surface area contributed by atoms with Crippen molar-refractivity contribution in [3.8, 4) is 0 Å². The third kappa shape index (κ3) is 4.24. The number of piperidine rings is 1. The van der Waals surface area contributed by atoms with Crippen LogP contribution in [0.3, 0.4) is 0 Å². The van der Waals surface area contributed by atoms with Gasteiger partial charge < -0.3 is 14.4 Å². The molecule has 0 aromatic carbocycles. The highest BCUT2D eigenvalue weighted by Gasteiger charge is 2.28. The third-order valence-electron chi connectivity index (χ3n) is 2.71. The SMILES string of the molecule is CCOC(=O)C1CCN(C(=O)OC(C)C)CC1. The average Bonchev–Trinajstić information content (AvgIpc) is 2.28. The lowest BCUT2D eigenvalue weighted by atomic mass is 9.97. The molecular formula is C12H21NO4. The summed E-state index contributed by atoms with van der Waals surface area (Å²) in [5.41, 5.74) is 0. The smallest absolute Gasteiger partial charge is 0.410 e. The molecular weight excluding hydrogens is 222 g/mol. The zero-order valence-electron chi connectivity index (χ0n) is 10.8. The number of carbonyl (C=O) groups is 2. The van der Waals surface area contributed by atoms with Gasteiger partial charge in [-0.2, -0.15) is 0 Å². The first-order chi connectivity index (χ1) is 8.04. The van der Waals surface area contributed by atoms with E-state index in [9.17, 15) is 9.59 Å². The van der Waals surface area contributed by atoms with E-state index in [1.165, 1.54) is 0 Å². The van der Waals surface area contributed by atoms with Crippen molar-refractivity contribution in [1.82, 2.24) is 4.90 Å². The van der Waals surface area contributed by atoms with Gasteiger partial charge in [-0.05, 0) is 33.6 Å². The number of ether oxygens (including phenoxy) is 2. The van der Waals surface area contributed by atoms with Gasteiger partial charge in [-0.25, -0.2) is 4.79 Å². The van der Waals surface area contributed by atoms with Crippen LogP contribution >= 0.6 is 0 Å². The number of likely N-dealkylation sites (tertiary alicyclic amines) is 1. The molecule has 1 saturated heterocycles. The highest BCUT2D eigenvalue weighted by molar-refractivity contribution is 5.73.